The predicted octanol–water partition coefficient (Wildman–Crippen LogP) is 0.0249. The van der Waals surface area contributed by atoms with Crippen molar-refractivity contribution in [3.8, 4) is 11.8 Å². The van der Waals surface area contributed by atoms with E-state index in [1.807, 2.05) is 0 Å². The molecule has 0 atom stereocenters. The zero-order valence-corrected chi connectivity index (χ0v) is 4.21. The van der Waals surface area contributed by atoms with Gasteiger partial charge in [0.15, 0.2) is 0 Å². The topological polar surface area (TPSA) is 17.1 Å². The second kappa shape index (κ2) is 4.45. The second-order valence-corrected chi connectivity index (χ2v) is 1.04. The molecule has 0 aliphatic carbocycles. The quantitative estimate of drug-likeness (QED) is 0.310. The summed E-state index contributed by atoms with van der Waals surface area (Å²) in [7, 11) is 0. The average Bonchev–Trinajstić information content (AvgIpc) is 1.61. The van der Waals surface area contributed by atoms with Gasteiger partial charge in [0.1, 0.15) is 0 Å². The summed E-state index contributed by atoms with van der Waals surface area (Å²) >= 11 is 0.378. The molecule has 0 aromatic rings. The third-order valence-corrected chi connectivity index (χ3v) is 0.465. The van der Waals surface area contributed by atoms with Gasteiger partial charge in [0.25, 0.3) is 0 Å². The molecule has 0 rings (SSSR count). The van der Waals surface area contributed by atoms with Crippen LogP contribution in [0.5, 0.6) is 0 Å². The Kier molecular flexibility index (Phi) is 4.04. The molecular formula is C4H4OS. The van der Waals surface area contributed by atoms with Crippen LogP contribution in [0.1, 0.15) is 6.92 Å². The largest absolute Gasteiger partial charge is 0.212 e. The van der Waals surface area contributed by atoms with Crippen LogP contribution >= 0.6 is 0 Å². The van der Waals surface area contributed by atoms with Crippen LogP contribution < -0.4 is 0 Å². The van der Waals surface area contributed by atoms with E-state index in [1.54, 1.807) is 6.92 Å². The Labute approximate surface area is 40.4 Å². The van der Waals surface area contributed by atoms with Crippen molar-refractivity contribution in [2.45, 2.75) is 6.92 Å². The van der Waals surface area contributed by atoms with E-state index < -0.39 is 0 Å². The van der Waals surface area contributed by atoms with Crippen LogP contribution in [0.2, 0.25) is 0 Å². The van der Waals surface area contributed by atoms with E-state index in [0.29, 0.717) is 11.3 Å². The minimum Gasteiger partial charge on any atom is -0.212 e. The van der Waals surface area contributed by atoms with Gasteiger partial charge in [-0.05, 0) is 6.92 Å². The first-order chi connectivity index (χ1) is 2.91. The molecule has 0 spiro atoms. The Balaban J connectivity index is 3.53. The molecule has 0 saturated heterocycles. The third-order valence-electron chi connectivity index (χ3n) is 0.251. The van der Waals surface area contributed by atoms with Gasteiger partial charge in [0.05, 0.1) is 16.6 Å². The van der Waals surface area contributed by atoms with Crippen molar-refractivity contribution in [3.05, 3.63) is 0 Å². The molecule has 0 N–H and O–H groups in total. The zero-order valence-electron chi connectivity index (χ0n) is 3.39. The van der Waals surface area contributed by atoms with Crippen molar-refractivity contribution in [2.75, 3.05) is 0 Å². The van der Waals surface area contributed by atoms with E-state index >= 15 is 0 Å². The maximum absolute atomic E-state index is 9.45. The maximum atomic E-state index is 9.45. The van der Waals surface area contributed by atoms with Gasteiger partial charge >= 0.3 is 0 Å². The van der Waals surface area contributed by atoms with Crippen molar-refractivity contribution >= 4 is 16.6 Å². The fourth-order valence-electron chi connectivity index (χ4n) is 0.0830. The normalized spacial score (nSPS) is 4.83. The summed E-state index contributed by atoms with van der Waals surface area (Å²) in [5, 5.41) is 1.31. The lowest BCUT2D eigenvalue weighted by molar-refractivity contribution is 0.701. The minimum atomic E-state index is 0.378. The van der Waals surface area contributed by atoms with Gasteiger partial charge in [-0.1, -0.05) is 5.92 Å². The van der Waals surface area contributed by atoms with Crippen LogP contribution in [0.15, 0.2) is 0 Å². The summed E-state index contributed by atoms with van der Waals surface area (Å²) in [4.78, 5) is 0. The van der Waals surface area contributed by atoms with Crippen LogP contribution in [0, 0.1) is 11.8 Å². The van der Waals surface area contributed by atoms with Crippen LogP contribution in [0.4, 0.5) is 0 Å². The Hall–Kier alpha value is -0.550. The molecule has 0 aromatic heterocycles. The van der Waals surface area contributed by atoms with Crippen molar-refractivity contribution in [3.63, 3.8) is 0 Å². The van der Waals surface area contributed by atoms with Gasteiger partial charge in [-0.15, -0.1) is 5.92 Å². The first-order valence-electron chi connectivity index (χ1n) is 1.44. The number of rotatable bonds is 0. The lowest BCUT2D eigenvalue weighted by Gasteiger charge is -1.46. The fourth-order valence-corrected chi connectivity index (χ4v) is 0.249. The molecule has 0 amide bonds. The van der Waals surface area contributed by atoms with Crippen molar-refractivity contribution in [1.29, 1.82) is 0 Å². The molecule has 0 aliphatic rings. The Morgan fingerprint density at radius 1 is 1.83 bits per heavy atom. The molecule has 0 aliphatic heterocycles. The Morgan fingerprint density at radius 3 is 2.67 bits per heavy atom. The highest BCUT2D eigenvalue weighted by Gasteiger charge is 1.45. The summed E-state index contributed by atoms with van der Waals surface area (Å²) in [5.74, 6) is 5.02. The molecule has 0 heterocycles. The van der Waals surface area contributed by atoms with Gasteiger partial charge in [0.2, 0.25) is 0 Å². The molecule has 0 aromatic carbocycles. The molecule has 32 valence electrons. The standard InChI is InChI=1S/C4H4OS/c1-2-3-4-6-5/h4H,1H3. The summed E-state index contributed by atoms with van der Waals surface area (Å²) in [6.07, 6.45) is 0. The molecule has 0 saturated carbocycles. The van der Waals surface area contributed by atoms with Gasteiger partial charge in [-0.3, -0.25) is 0 Å². The van der Waals surface area contributed by atoms with Crippen LogP contribution in [0.3, 0.4) is 0 Å². The Morgan fingerprint density at radius 2 is 2.50 bits per heavy atom. The molecule has 0 bridgehead atoms. The van der Waals surface area contributed by atoms with Gasteiger partial charge in [0, 0.05) is 0 Å². The van der Waals surface area contributed by atoms with Crippen molar-refractivity contribution in [1.82, 2.24) is 0 Å². The lowest BCUT2D eigenvalue weighted by atomic mass is 10.7. The molecule has 1 nitrogen and oxygen atoms in total. The van der Waals surface area contributed by atoms with E-state index in [4.69, 9.17) is 0 Å². The summed E-state index contributed by atoms with van der Waals surface area (Å²) in [5.41, 5.74) is 0. The maximum Gasteiger partial charge on any atom is 0.0977 e. The molecule has 0 unspecified atom stereocenters. The van der Waals surface area contributed by atoms with E-state index in [0.717, 1.165) is 0 Å². The number of hydrogen-bond acceptors (Lipinski definition) is 1. The highest BCUT2D eigenvalue weighted by atomic mass is 32.1. The highest BCUT2D eigenvalue weighted by molar-refractivity contribution is 7.65. The highest BCUT2D eigenvalue weighted by Crippen LogP contribution is 1.39. The molecule has 2 heteroatoms. The predicted molar refractivity (Wildman–Crippen MR) is 27.7 cm³/mol. The van der Waals surface area contributed by atoms with Crippen molar-refractivity contribution in [2.24, 2.45) is 0 Å². The minimum absolute atomic E-state index is 0.378. The fraction of sp³-hybridized carbons (Fsp3) is 0.250. The smallest absolute Gasteiger partial charge is 0.0977 e. The number of hydrogen-bond donors (Lipinski definition) is 0. The SMILES string of the molecule is CC#CC=S=O. The summed E-state index contributed by atoms with van der Waals surface area (Å²) < 4.78 is 9.45. The molecular weight excluding hydrogens is 96.1 g/mol. The third kappa shape index (κ3) is 3.45. The van der Waals surface area contributed by atoms with Gasteiger partial charge < -0.3 is 0 Å². The van der Waals surface area contributed by atoms with Gasteiger partial charge in [-0.25, -0.2) is 4.21 Å². The second-order valence-electron chi connectivity index (χ2n) is 0.608. The molecule has 0 fully saturated rings. The van der Waals surface area contributed by atoms with Gasteiger partial charge in [-0.2, -0.15) is 0 Å². The van der Waals surface area contributed by atoms with Crippen molar-refractivity contribution < 1.29 is 4.21 Å². The van der Waals surface area contributed by atoms with Crippen LogP contribution in [-0.2, 0) is 11.3 Å². The molecule has 6 heavy (non-hydrogen) atoms. The lowest BCUT2D eigenvalue weighted by Crippen LogP contribution is -1.55. The summed E-state index contributed by atoms with van der Waals surface area (Å²) in [6.45, 7) is 1.69. The van der Waals surface area contributed by atoms with Crippen LogP contribution in [0.25, 0.3) is 0 Å². The first kappa shape index (κ1) is 5.45. The monoisotopic (exact) mass is 100.0 g/mol. The van der Waals surface area contributed by atoms with E-state index in [-0.39, 0.29) is 0 Å². The Bertz CT molecular complexity index is 122. The first-order valence-corrected chi connectivity index (χ1v) is 2.25. The van der Waals surface area contributed by atoms with E-state index in [2.05, 4.69) is 11.8 Å². The zero-order chi connectivity index (χ0) is 4.83. The summed E-state index contributed by atoms with van der Waals surface area (Å²) in [6, 6.07) is 0. The molecule has 0 radical (unpaired) electrons. The van der Waals surface area contributed by atoms with E-state index in [9.17, 15) is 4.21 Å². The average molecular weight is 100 g/mol. The van der Waals surface area contributed by atoms with Crippen LogP contribution in [-0.4, -0.2) is 9.58 Å². The van der Waals surface area contributed by atoms with E-state index in [1.165, 1.54) is 5.37 Å².